The van der Waals surface area contributed by atoms with E-state index >= 15 is 0 Å². The van der Waals surface area contributed by atoms with Crippen LogP contribution in [-0.2, 0) is 9.84 Å². The van der Waals surface area contributed by atoms with Gasteiger partial charge in [-0.1, -0.05) is 18.2 Å². The largest absolute Gasteiger partial charge is 0.348 e. The Hall–Kier alpha value is -1.93. The molecule has 2 N–H and O–H groups in total. The molecule has 7 nitrogen and oxygen atoms in total. The van der Waals surface area contributed by atoms with Crippen molar-refractivity contribution < 1.29 is 13.2 Å². The summed E-state index contributed by atoms with van der Waals surface area (Å²) >= 11 is 0. The molecule has 2 saturated heterocycles. The van der Waals surface area contributed by atoms with E-state index < -0.39 is 9.84 Å². The van der Waals surface area contributed by atoms with Crippen LogP contribution in [0.3, 0.4) is 0 Å². The van der Waals surface area contributed by atoms with E-state index in [1.54, 1.807) is 0 Å². The molecule has 26 heavy (non-hydrogen) atoms. The smallest absolute Gasteiger partial charge is 0.272 e. The maximum Gasteiger partial charge on any atom is 0.272 e. The van der Waals surface area contributed by atoms with Crippen molar-refractivity contribution in [1.82, 2.24) is 20.4 Å². The fourth-order valence-corrected chi connectivity index (χ4v) is 5.51. The van der Waals surface area contributed by atoms with Gasteiger partial charge in [0.15, 0.2) is 5.69 Å². The number of fused-ring (bicyclic) bond motifs is 1. The van der Waals surface area contributed by atoms with Crippen LogP contribution in [0.2, 0.25) is 0 Å². The van der Waals surface area contributed by atoms with Gasteiger partial charge in [0.05, 0.1) is 17.0 Å². The summed E-state index contributed by atoms with van der Waals surface area (Å²) in [5, 5.41) is 11.0. The lowest BCUT2D eigenvalue weighted by Crippen LogP contribution is -2.49. The number of sulfone groups is 1. The number of para-hydroxylation sites is 1. The number of nitrogens with one attached hydrogen (secondary N) is 2. The topological polar surface area (TPSA) is 95.2 Å². The third-order valence-electron chi connectivity index (χ3n) is 5.59. The molecular weight excluding hydrogens is 352 g/mol. The first-order valence-corrected chi connectivity index (χ1v) is 11.0. The van der Waals surface area contributed by atoms with Gasteiger partial charge in [0.2, 0.25) is 0 Å². The Morgan fingerprint density at radius 3 is 2.54 bits per heavy atom. The summed E-state index contributed by atoms with van der Waals surface area (Å²) in [5.41, 5.74) is 1.31. The molecule has 0 radical (unpaired) electrons. The van der Waals surface area contributed by atoms with Crippen molar-refractivity contribution in [3.05, 3.63) is 30.0 Å². The second-order valence-electron chi connectivity index (χ2n) is 7.28. The van der Waals surface area contributed by atoms with Gasteiger partial charge in [-0.25, -0.2) is 8.42 Å². The van der Waals surface area contributed by atoms with Crippen LogP contribution >= 0.6 is 0 Å². The Balaban J connectivity index is 1.32. The predicted octanol–water partition coefficient (Wildman–Crippen LogP) is 1.33. The minimum absolute atomic E-state index is 0.135. The molecule has 1 amide bonds. The van der Waals surface area contributed by atoms with Crippen molar-refractivity contribution in [2.45, 2.75) is 37.8 Å². The number of hydrogen-bond acceptors (Lipinski definition) is 5. The minimum atomic E-state index is -2.82. The van der Waals surface area contributed by atoms with Gasteiger partial charge in [-0.3, -0.25) is 9.89 Å². The van der Waals surface area contributed by atoms with E-state index in [1.165, 1.54) is 0 Å². The molecule has 2 fully saturated rings. The average molecular weight is 376 g/mol. The molecule has 2 aliphatic rings. The van der Waals surface area contributed by atoms with Gasteiger partial charge in [0.25, 0.3) is 5.91 Å². The van der Waals surface area contributed by atoms with Crippen molar-refractivity contribution in [3.8, 4) is 0 Å². The second-order valence-corrected chi connectivity index (χ2v) is 9.59. The molecule has 0 unspecified atom stereocenters. The lowest BCUT2D eigenvalue weighted by molar-refractivity contribution is 0.0882. The first-order chi connectivity index (χ1) is 12.5. The maximum atomic E-state index is 12.6. The number of hydrogen-bond donors (Lipinski definition) is 2. The van der Waals surface area contributed by atoms with Crippen LogP contribution < -0.4 is 5.32 Å². The minimum Gasteiger partial charge on any atom is -0.348 e. The van der Waals surface area contributed by atoms with Crippen LogP contribution in [0.4, 0.5) is 0 Å². The van der Waals surface area contributed by atoms with Crippen LogP contribution in [0.15, 0.2) is 24.3 Å². The first-order valence-electron chi connectivity index (χ1n) is 9.20. The lowest BCUT2D eigenvalue weighted by atomic mass is 10.0. The molecule has 0 spiro atoms. The van der Waals surface area contributed by atoms with E-state index in [-0.39, 0.29) is 11.9 Å². The molecule has 2 aromatic rings. The number of carbonyl (C=O) groups is 1. The summed E-state index contributed by atoms with van der Waals surface area (Å²) in [5.74, 6) is 0.478. The molecule has 8 heteroatoms. The number of nitrogens with zero attached hydrogens (tertiary/aromatic N) is 2. The Bertz CT molecular complexity index is 886. The van der Waals surface area contributed by atoms with E-state index in [4.69, 9.17) is 0 Å². The molecule has 1 aromatic carbocycles. The van der Waals surface area contributed by atoms with E-state index in [0.29, 0.717) is 23.2 Å². The van der Waals surface area contributed by atoms with E-state index in [0.717, 1.165) is 49.7 Å². The van der Waals surface area contributed by atoms with Crippen LogP contribution in [0.1, 0.15) is 36.2 Å². The SMILES string of the molecule is O=C(NC1CCN(C2CCS(=O)(=O)CC2)CC1)c1n[nH]c2ccccc12. The molecule has 4 rings (SSSR count). The number of aromatic amines is 1. The fraction of sp³-hybridized carbons (Fsp3) is 0.556. The Morgan fingerprint density at radius 1 is 1.12 bits per heavy atom. The molecule has 2 aliphatic heterocycles. The molecule has 0 aliphatic carbocycles. The van der Waals surface area contributed by atoms with Crippen LogP contribution in [0, 0.1) is 0 Å². The number of benzene rings is 1. The highest BCUT2D eigenvalue weighted by molar-refractivity contribution is 7.91. The van der Waals surface area contributed by atoms with Gasteiger partial charge in [0, 0.05) is 30.6 Å². The lowest BCUT2D eigenvalue weighted by Gasteiger charge is -2.39. The monoisotopic (exact) mass is 376 g/mol. The van der Waals surface area contributed by atoms with E-state index in [1.807, 2.05) is 24.3 Å². The Kier molecular flexibility index (Phi) is 4.71. The summed E-state index contributed by atoms with van der Waals surface area (Å²) < 4.78 is 23.2. The van der Waals surface area contributed by atoms with Gasteiger partial charge >= 0.3 is 0 Å². The zero-order chi connectivity index (χ0) is 18.1. The second kappa shape index (κ2) is 7.00. The number of likely N-dealkylation sites (tertiary alicyclic amines) is 1. The highest BCUT2D eigenvalue weighted by Crippen LogP contribution is 2.22. The van der Waals surface area contributed by atoms with Crippen molar-refractivity contribution in [2.75, 3.05) is 24.6 Å². The number of piperidine rings is 1. The number of amides is 1. The van der Waals surface area contributed by atoms with Crippen molar-refractivity contribution in [1.29, 1.82) is 0 Å². The summed E-state index contributed by atoms with van der Waals surface area (Å²) in [4.78, 5) is 15.0. The van der Waals surface area contributed by atoms with Crippen LogP contribution in [0.5, 0.6) is 0 Å². The Labute approximate surface area is 153 Å². The summed E-state index contributed by atoms with van der Waals surface area (Å²) in [7, 11) is -2.82. The third-order valence-corrected chi connectivity index (χ3v) is 7.31. The van der Waals surface area contributed by atoms with Gasteiger partial charge < -0.3 is 10.2 Å². The van der Waals surface area contributed by atoms with Crippen molar-refractivity contribution in [3.63, 3.8) is 0 Å². The molecule has 0 atom stereocenters. The Morgan fingerprint density at radius 2 is 1.81 bits per heavy atom. The zero-order valence-corrected chi connectivity index (χ0v) is 15.5. The van der Waals surface area contributed by atoms with Crippen LogP contribution in [-0.4, -0.2) is 66.1 Å². The summed E-state index contributed by atoms with van der Waals surface area (Å²) in [6.45, 7) is 1.80. The van der Waals surface area contributed by atoms with E-state index in [2.05, 4.69) is 20.4 Å². The maximum absolute atomic E-state index is 12.6. The van der Waals surface area contributed by atoms with Crippen molar-refractivity contribution in [2.24, 2.45) is 0 Å². The number of carbonyl (C=O) groups excluding carboxylic acids is 1. The molecule has 140 valence electrons. The summed E-state index contributed by atoms with van der Waals surface area (Å²) in [6, 6.07) is 8.12. The number of rotatable bonds is 3. The highest BCUT2D eigenvalue weighted by atomic mass is 32.2. The van der Waals surface area contributed by atoms with Crippen LogP contribution in [0.25, 0.3) is 10.9 Å². The molecule has 1 aromatic heterocycles. The fourth-order valence-electron chi connectivity index (χ4n) is 4.04. The quantitative estimate of drug-likeness (QED) is 0.843. The normalized spacial score (nSPS) is 22.5. The number of aromatic nitrogens is 2. The zero-order valence-electron chi connectivity index (χ0n) is 14.6. The highest BCUT2D eigenvalue weighted by Gasteiger charge is 2.31. The molecular formula is C18H24N4O3S. The van der Waals surface area contributed by atoms with Gasteiger partial charge in [0.1, 0.15) is 9.84 Å². The summed E-state index contributed by atoms with van der Waals surface area (Å²) in [6.07, 6.45) is 3.24. The molecule has 0 saturated carbocycles. The van der Waals surface area contributed by atoms with Gasteiger partial charge in [-0.05, 0) is 31.7 Å². The van der Waals surface area contributed by atoms with Gasteiger partial charge in [-0.2, -0.15) is 5.10 Å². The molecule has 3 heterocycles. The first kappa shape index (κ1) is 17.5. The number of H-pyrrole nitrogens is 1. The molecule has 0 bridgehead atoms. The van der Waals surface area contributed by atoms with E-state index in [9.17, 15) is 13.2 Å². The average Bonchev–Trinajstić information content (AvgIpc) is 3.07. The van der Waals surface area contributed by atoms with Crippen molar-refractivity contribution >= 4 is 26.6 Å². The predicted molar refractivity (Wildman–Crippen MR) is 99.8 cm³/mol. The van der Waals surface area contributed by atoms with Gasteiger partial charge in [-0.15, -0.1) is 0 Å². The third kappa shape index (κ3) is 3.61. The standard InChI is InChI=1S/C18H24N4O3S/c23-18(17-15-3-1-2-4-16(15)20-21-17)19-13-5-9-22(10-6-13)14-7-11-26(24,25)12-8-14/h1-4,13-14H,5-12H2,(H,19,23)(H,20,21).